The van der Waals surface area contributed by atoms with Gasteiger partial charge in [-0.3, -0.25) is 0 Å². The van der Waals surface area contributed by atoms with E-state index in [-0.39, 0.29) is 0 Å². The van der Waals surface area contributed by atoms with Gasteiger partial charge in [-0.15, -0.1) is 0 Å². The monoisotopic (exact) mass is 802 g/mol. The van der Waals surface area contributed by atoms with Gasteiger partial charge in [0.2, 0.25) is 0 Å². The first kappa shape index (κ1) is 41.9. The second-order valence-corrected chi connectivity index (χ2v) is 10.9. The molecule has 2 rings (SSSR count). The molecule has 0 saturated heterocycles. The molecule has 50 heavy (non-hydrogen) atoms. The zero-order valence-corrected chi connectivity index (χ0v) is 23.7. The average Bonchev–Trinajstić information content (AvgIpc) is 2.85. The van der Waals surface area contributed by atoms with Crippen molar-refractivity contribution in [3.8, 4) is 0 Å². The first-order valence-electron chi connectivity index (χ1n) is 11.2. The number of rotatable bonds is 7. The molecule has 0 aromatic heterocycles. The van der Waals surface area contributed by atoms with Gasteiger partial charge in [0, 0.05) is 9.79 Å². The Hall–Kier alpha value is -4.24. The summed E-state index contributed by atoms with van der Waals surface area (Å²) in [5, 5.41) is 36.5. The molecule has 0 aliphatic rings. The Balaban J connectivity index is 3.55. The van der Waals surface area contributed by atoms with Crippen LogP contribution in [0.15, 0.2) is 9.79 Å². The fraction of sp³-hybridized carbons (Fsp3) is 0.273. The number of hydrogen-bond acceptors (Lipinski definition) is 6. The molecule has 0 bridgehead atoms. The number of benzene rings is 2. The summed E-state index contributed by atoms with van der Waals surface area (Å²) in [5.41, 5.74) is -35.8. The van der Waals surface area contributed by atoms with Gasteiger partial charge in [-0.1, -0.05) is 21.6 Å². The summed E-state index contributed by atoms with van der Waals surface area (Å²) in [6.45, 7) is 0. The molecule has 28 heteroatoms. The molecule has 8 nitrogen and oxygen atoms in total. The topological polar surface area (TPSA) is 149 Å². The van der Waals surface area contributed by atoms with Crippen molar-refractivity contribution < 1.29 is 119 Å². The van der Waals surface area contributed by atoms with Crippen LogP contribution in [0.4, 0.5) is 79.0 Å². The molecule has 2 aromatic carbocycles. The van der Waals surface area contributed by atoms with Crippen LogP contribution in [-0.2, 0) is 37.1 Å². The number of carboxylic acid groups (broad SMARTS) is 4. The third kappa shape index (κ3) is 7.88. The summed E-state index contributed by atoms with van der Waals surface area (Å²) in [5.74, 6) is -13.8. The third-order valence-electron chi connectivity index (χ3n) is 5.67. The lowest BCUT2D eigenvalue weighted by molar-refractivity contribution is -0.166. The van der Waals surface area contributed by atoms with Gasteiger partial charge in [0.15, 0.2) is 0 Å². The van der Waals surface area contributed by atoms with Gasteiger partial charge in [-0.05, 0) is 0 Å². The molecular formula is C22H4F18O8S2. The SMILES string of the molecule is O=C(O)c1c(C(=O)O)c(C(F)(F)F)c(C(F)(F)F)c(SSc2c(C(F)(F)F)c(C(=O)O)c(C(=O)O)c(C(F)(F)F)c2C(F)(F)F)c1C(F)(F)F. The molecule has 0 aliphatic heterocycles. The van der Waals surface area contributed by atoms with E-state index in [1.807, 2.05) is 0 Å². The van der Waals surface area contributed by atoms with Gasteiger partial charge in [0.05, 0.1) is 55.6 Å². The standard InChI is InChI=1S/C22H4F18O8S2/c23-17(24,25)5-1(13(41)42)3(15(45)46)7(19(29,30)31)11(9(5)21(35,36)37)49-50-12-8(20(32,33)34)4(16(47)48)2(14(43)44)6(18(26,27)28)10(12)22(38,39)40/h(H,41,42)(H,43,44)(H,45,46)(H,47,48). The van der Waals surface area contributed by atoms with Crippen molar-refractivity contribution in [1.82, 2.24) is 0 Å². The van der Waals surface area contributed by atoms with Crippen LogP contribution in [0.1, 0.15) is 74.8 Å². The Labute approximate surface area is 267 Å². The molecule has 4 N–H and O–H groups in total. The minimum atomic E-state index is -6.99. The number of alkyl halides is 18. The normalized spacial score (nSPS) is 13.4. The Morgan fingerprint density at radius 2 is 0.480 bits per heavy atom. The van der Waals surface area contributed by atoms with Crippen molar-refractivity contribution in [3.63, 3.8) is 0 Å². The van der Waals surface area contributed by atoms with Gasteiger partial charge in [0.25, 0.3) is 0 Å². The van der Waals surface area contributed by atoms with Gasteiger partial charge >= 0.3 is 60.9 Å². The predicted octanol–water partition coefficient (Wildman–Crippen LogP) is 9.39. The van der Waals surface area contributed by atoms with Crippen LogP contribution < -0.4 is 0 Å². The molecule has 0 radical (unpaired) electrons. The Bertz CT molecular complexity index is 1650. The van der Waals surface area contributed by atoms with Crippen LogP contribution in [0, 0.1) is 0 Å². The molecule has 278 valence electrons. The van der Waals surface area contributed by atoms with E-state index in [0.717, 1.165) is 0 Å². The minimum Gasteiger partial charge on any atom is -0.478 e. The Morgan fingerprint density at radius 1 is 0.320 bits per heavy atom. The van der Waals surface area contributed by atoms with E-state index in [2.05, 4.69) is 0 Å². The van der Waals surface area contributed by atoms with Gasteiger partial charge in [-0.2, -0.15) is 79.0 Å². The van der Waals surface area contributed by atoms with E-state index in [1.165, 1.54) is 0 Å². The molecule has 2 aromatic rings. The zero-order chi connectivity index (χ0) is 39.7. The number of halogens is 18. The quantitative estimate of drug-likeness (QED) is 0.158. The molecule has 0 atom stereocenters. The van der Waals surface area contributed by atoms with E-state index in [1.54, 1.807) is 0 Å². The van der Waals surface area contributed by atoms with Gasteiger partial charge < -0.3 is 20.4 Å². The molecule has 0 saturated carbocycles. The van der Waals surface area contributed by atoms with Crippen molar-refractivity contribution in [2.45, 2.75) is 46.8 Å². The second kappa shape index (κ2) is 12.8. The Morgan fingerprint density at radius 3 is 0.620 bits per heavy atom. The van der Waals surface area contributed by atoms with E-state index >= 15 is 0 Å². The van der Waals surface area contributed by atoms with Crippen LogP contribution in [0.2, 0.25) is 0 Å². The lowest BCUT2D eigenvalue weighted by atomic mass is 9.89. The van der Waals surface area contributed by atoms with Crippen LogP contribution in [0.3, 0.4) is 0 Å². The van der Waals surface area contributed by atoms with Gasteiger partial charge in [0.1, 0.15) is 0 Å². The number of carbonyl (C=O) groups is 4. The molecule has 0 amide bonds. The molecule has 0 heterocycles. The van der Waals surface area contributed by atoms with Crippen LogP contribution in [0.5, 0.6) is 0 Å². The third-order valence-corrected chi connectivity index (χ3v) is 8.16. The van der Waals surface area contributed by atoms with Crippen molar-refractivity contribution in [2.24, 2.45) is 0 Å². The number of carboxylic acids is 4. The fourth-order valence-electron chi connectivity index (χ4n) is 4.21. The zero-order valence-electron chi connectivity index (χ0n) is 22.0. The summed E-state index contributed by atoms with van der Waals surface area (Å²) in [4.78, 5) is 39.5. The van der Waals surface area contributed by atoms with Gasteiger partial charge in [-0.25, -0.2) is 19.2 Å². The summed E-state index contributed by atoms with van der Waals surface area (Å²) in [6.07, 6.45) is -41.4. The molecule has 0 unspecified atom stereocenters. The largest absolute Gasteiger partial charge is 0.478 e. The van der Waals surface area contributed by atoms with Crippen molar-refractivity contribution >= 4 is 45.5 Å². The lowest BCUT2D eigenvalue weighted by Gasteiger charge is -2.28. The number of hydrogen-bond donors (Lipinski definition) is 4. The summed E-state index contributed by atoms with van der Waals surface area (Å²) >= 11 is 0. The van der Waals surface area contributed by atoms with Crippen LogP contribution >= 0.6 is 21.6 Å². The molecular weight excluding hydrogens is 798 g/mol. The van der Waals surface area contributed by atoms with Crippen molar-refractivity contribution in [3.05, 3.63) is 55.6 Å². The minimum absolute atomic E-state index is 2.01. The maximum Gasteiger partial charge on any atom is 0.418 e. The van der Waals surface area contributed by atoms with E-state index in [9.17, 15) is 108 Å². The summed E-state index contributed by atoms with van der Waals surface area (Å²) < 4.78 is 253. The first-order valence-corrected chi connectivity index (χ1v) is 13.3. The second-order valence-electron chi connectivity index (χ2n) is 8.78. The van der Waals surface area contributed by atoms with E-state index in [0.29, 0.717) is 0 Å². The van der Waals surface area contributed by atoms with E-state index in [4.69, 9.17) is 10.2 Å². The smallest absolute Gasteiger partial charge is 0.418 e. The fourth-order valence-corrected chi connectivity index (χ4v) is 7.08. The highest BCUT2D eigenvalue weighted by Gasteiger charge is 2.57. The highest BCUT2D eigenvalue weighted by atomic mass is 33.1. The summed E-state index contributed by atoms with van der Waals surface area (Å²) in [7, 11) is -4.02. The molecule has 0 aliphatic carbocycles. The average molecular weight is 802 g/mol. The highest BCUT2D eigenvalue weighted by molar-refractivity contribution is 8.76. The van der Waals surface area contributed by atoms with Crippen molar-refractivity contribution in [2.75, 3.05) is 0 Å². The maximum atomic E-state index is 14.1. The molecule has 0 spiro atoms. The maximum absolute atomic E-state index is 14.1. The predicted molar refractivity (Wildman–Crippen MR) is 122 cm³/mol. The first-order chi connectivity index (χ1) is 22.0. The van der Waals surface area contributed by atoms with Crippen LogP contribution in [-0.4, -0.2) is 44.3 Å². The highest BCUT2D eigenvalue weighted by Crippen LogP contribution is 2.59. The molecule has 0 fully saturated rings. The van der Waals surface area contributed by atoms with Crippen LogP contribution in [0.25, 0.3) is 0 Å². The number of aromatic carboxylic acids is 4. The Kier molecular flexibility index (Phi) is 10.8. The van der Waals surface area contributed by atoms with Crippen molar-refractivity contribution in [1.29, 1.82) is 0 Å². The van der Waals surface area contributed by atoms with E-state index < -0.39 is 148 Å². The summed E-state index contributed by atoms with van der Waals surface area (Å²) in [6, 6.07) is 0. The lowest BCUT2D eigenvalue weighted by Crippen LogP contribution is -2.29.